The molecule has 5 rings (SSSR count). The third-order valence-corrected chi connectivity index (χ3v) is 5.65. The Labute approximate surface area is 185 Å². The van der Waals surface area contributed by atoms with E-state index in [1.165, 1.54) is 6.33 Å². The van der Waals surface area contributed by atoms with Crippen LogP contribution in [0.4, 0.5) is 11.6 Å². The van der Waals surface area contributed by atoms with Gasteiger partial charge >= 0.3 is 0 Å². The van der Waals surface area contributed by atoms with Crippen LogP contribution >= 0.6 is 0 Å². The fraction of sp³-hybridized carbons (Fsp3) is 0.261. The van der Waals surface area contributed by atoms with Gasteiger partial charge in [-0.15, -0.1) is 0 Å². The highest BCUT2D eigenvalue weighted by molar-refractivity contribution is 5.79. The predicted molar refractivity (Wildman–Crippen MR) is 121 cm³/mol. The summed E-state index contributed by atoms with van der Waals surface area (Å²) in [6.07, 6.45) is 10.1. The molecule has 0 saturated carbocycles. The molecule has 4 aromatic rings. The largest absolute Gasteiger partial charge is 0.508 e. The standard InChI is InChI=1S/C23H23N7O2/c1-3-29(20-10-18(31)5-4-15(20)2)23-26-13-19-22(28-23)30(17-6-8-32-9-7-17)21(27-19)16-11-24-14-25-12-16/h3-5,10-14,17,31H,1,6-9H2,2H3. The summed E-state index contributed by atoms with van der Waals surface area (Å²) in [5.41, 5.74) is 3.96. The van der Waals surface area contributed by atoms with Crippen LogP contribution in [0.3, 0.4) is 0 Å². The van der Waals surface area contributed by atoms with E-state index in [4.69, 9.17) is 14.7 Å². The van der Waals surface area contributed by atoms with Crippen LogP contribution < -0.4 is 4.90 Å². The number of phenolic OH excluding ortho intramolecular Hbond substituents is 1. The number of hydrogen-bond acceptors (Lipinski definition) is 8. The van der Waals surface area contributed by atoms with Gasteiger partial charge in [0.15, 0.2) is 5.65 Å². The van der Waals surface area contributed by atoms with Crippen molar-refractivity contribution in [1.29, 1.82) is 0 Å². The maximum absolute atomic E-state index is 10.0. The van der Waals surface area contributed by atoms with Crippen LogP contribution in [-0.2, 0) is 4.74 Å². The average Bonchev–Trinajstić information content (AvgIpc) is 3.22. The molecule has 0 bridgehead atoms. The SMILES string of the molecule is C=CN(c1ncc2nc(-c3cncnc3)n(C3CCOCC3)c2n1)c1cc(O)ccc1C. The zero-order valence-corrected chi connectivity index (χ0v) is 17.7. The van der Waals surface area contributed by atoms with Gasteiger partial charge < -0.3 is 14.4 Å². The molecule has 9 nitrogen and oxygen atoms in total. The Kier molecular flexibility index (Phi) is 5.24. The van der Waals surface area contributed by atoms with Gasteiger partial charge in [-0.3, -0.25) is 4.90 Å². The zero-order valence-electron chi connectivity index (χ0n) is 17.7. The minimum atomic E-state index is 0.164. The van der Waals surface area contributed by atoms with Crippen LogP contribution in [0, 0.1) is 6.92 Å². The third-order valence-electron chi connectivity index (χ3n) is 5.65. The molecule has 3 aromatic heterocycles. The van der Waals surface area contributed by atoms with Crippen molar-refractivity contribution in [3.63, 3.8) is 0 Å². The number of ether oxygens (including phenoxy) is 1. The summed E-state index contributed by atoms with van der Waals surface area (Å²) in [6.45, 7) is 7.28. The highest BCUT2D eigenvalue weighted by atomic mass is 16.5. The zero-order chi connectivity index (χ0) is 22.1. The number of aryl methyl sites for hydroxylation is 1. The molecular formula is C23H23N7O2. The van der Waals surface area contributed by atoms with Gasteiger partial charge in [-0.2, -0.15) is 4.98 Å². The number of fused-ring (bicyclic) bond motifs is 1. The summed E-state index contributed by atoms with van der Waals surface area (Å²) < 4.78 is 7.73. The molecule has 32 heavy (non-hydrogen) atoms. The molecule has 0 amide bonds. The molecule has 0 atom stereocenters. The van der Waals surface area contributed by atoms with Crippen molar-refractivity contribution < 1.29 is 9.84 Å². The van der Waals surface area contributed by atoms with Gasteiger partial charge in [0.2, 0.25) is 5.95 Å². The first-order chi connectivity index (χ1) is 15.7. The molecule has 0 radical (unpaired) electrons. The van der Waals surface area contributed by atoms with Crippen LogP contribution in [0.2, 0.25) is 0 Å². The van der Waals surface area contributed by atoms with Crippen molar-refractivity contribution in [3.05, 3.63) is 61.5 Å². The van der Waals surface area contributed by atoms with Gasteiger partial charge in [-0.05, 0) is 31.4 Å². The van der Waals surface area contributed by atoms with E-state index in [2.05, 4.69) is 26.1 Å². The first kappa shape index (κ1) is 20.1. The Morgan fingerprint density at radius 3 is 2.69 bits per heavy atom. The van der Waals surface area contributed by atoms with E-state index in [9.17, 15) is 5.11 Å². The third kappa shape index (κ3) is 3.56. The monoisotopic (exact) mass is 429 g/mol. The van der Waals surface area contributed by atoms with Crippen LogP contribution in [0.15, 0.2) is 55.9 Å². The van der Waals surface area contributed by atoms with Crippen molar-refractivity contribution in [2.24, 2.45) is 0 Å². The molecule has 4 heterocycles. The number of phenols is 1. The number of aromatic nitrogens is 6. The van der Waals surface area contributed by atoms with Gasteiger partial charge in [-0.1, -0.05) is 12.6 Å². The molecular weight excluding hydrogens is 406 g/mol. The fourth-order valence-corrected chi connectivity index (χ4v) is 4.05. The lowest BCUT2D eigenvalue weighted by molar-refractivity contribution is 0.0708. The Morgan fingerprint density at radius 2 is 1.94 bits per heavy atom. The van der Waals surface area contributed by atoms with Crippen molar-refractivity contribution in [3.8, 4) is 17.1 Å². The van der Waals surface area contributed by atoms with Crippen molar-refractivity contribution in [2.75, 3.05) is 18.1 Å². The summed E-state index contributed by atoms with van der Waals surface area (Å²) in [5.74, 6) is 1.38. The highest BCUT2D eigenvalue weighted by Crippen LogP contribution is 2.34. The van der Waals surface area contributed by atoms with E-state index in [1.54, 1.807) is 41.8 Å². The molecule has 0 unspecified atom stereocenters. The van der Waals surface area contributed by atoms with Gasteiger partial charge in [0.25, 0.3) is 0 Å². The molecule has 9 heteroatoms. The lowest BCUT2D eigenvalue weighted by atomic mass is 10.1. The Morgan fingerprint density at radius 1 is 1.16 bits per heavy atom. The maximum atomic E-state index is 10.0. The van der Waals surface area contributed by atoms with E-state index in [0.29, 0.717) is 24.7 Å². The quantitative estimate of drug-likeness (QED) is 0.509. The molecule has 1 saturated heterocycles. The van der Waals surface area contributed by atoms with E-state index in [1.807, 2.05) is 13.0 Å². The second-order valence-electron chi connectivity index (χ2n) is 7.68. The van der Waals surface area contributed by atoms with Crippen molar-refractivity contribution in [1.82, 2.24) is 29.5 Å². The van der Waals surface area contributed by atoms with E-state index >= 15 is 0 Å². The number of rotatable bonds is 5. The Balaban J connectivity index is 1.68. The first-order valence-corrected chi connectivity index (χ1v) is 10.4. The van der Waals surface area contributed by atoms with Gasteiger partial charge in [-0.25, -0.2) is 19.9 Å². The predicted octanol–water partition coefficient (Wildman–Crippen LogP) is 3.93. The lowest BCUT2D eigenvalue weighted by Gasteiger charge is -2.25. The number of benzene rings is 1. The summed E-state index contributed by atoms with van der Waals surface area (Å²) in [5, 5.41) is 10.0. The second kappa shape index (κ2) is 8.35. The second-order valence-corrected chi connectivity index (χ2v) is 7.68. The van der Waals surface area contributed by atoms with E-state index in [-0.39, 0.29) is 11.8 Å². The van der Waals surface area contributed by atoms with Gasteiger partial charge in [0.1, 0.15) is 23.4 Å². The van der Waals surface area contributed by atoms with Crippen LogP contribution in [0.5, 0.6) is 5.75 Å². The molecule has 1 N–H and O–H groups in total. The minimum absolute atomic E-state index is 0.164. The fourth-order valence-electron chi connectivity index (χ4n) is 4.05. The topological polar surface area (TPSA) is 102 Å². The number of nitrogens with zero attached hydrogens (tertiary/aromatic N) is 7. The summed E-state index contributed by atoms with van der Waals surface area (Å²) in [7, 11) is 0. The van der Waals surface area contributed by atoms with Gasteiger partial charge in [0, 0.05) is 43.9 Å². The van der Waals surface area contributed by atoms with Crippen molar-refractivity contribution in [2.45, 2.75) is 25.8 Å². The smallest absolute Gasteiger partial charge is 0.236 e. The van der Waals surface area contributed by atoms with E-state index < -0.39 is 0 Å². The lowest BCUT2D eigenvalue weighted by Crippen LogP contribution is -2.21. The molecule has 1 aliphatic rings. The number of anilines is 2. The molecule has 0 spiro atoms. The van der Waals surface area contributed by atoms with E-state index in [0.717, 1.165) is 41.1 Å². The van der Waals surface area contributed by atoms with Crippen LogP contribution in [0.25, 0.3) is 22.6 Å². The molecule has 1 fully saturated rings. The van der Waals surface area contributed by atoms with Crippen molar-refractivity contribution >= 4 is 22.8 Å². The molecule has 162 valence electrons. The summed E-state index contributed by atoms with van der Waals surface area (Å²) >= 11 is 0. The maximum Gasteiger partial charge on any atom is 0.236 e. The Hall–Kier alpha value is -3.85. The minimum Gasteiger partial charge on any atom is -0.508 e. The number of imidazole rings is 1. The van der Waals surface area contributed by atoms with Crippen LogP contribution in [0.1, 0.15) is 24.4 Å². The summed E-state index contributed by atoms with van der Waals surface area (Å²) in [6, 6.07) is 5.36. The number of aromatic hydroxyl groups is 1. The van der Waals surface area contributed by atoms with Gasteiger partial charge in [0.05, 0.1) is 17.4 Å². The number of hydrogen-bond donors (Lipinski definition) is 1. The first-order valence-electron chi connectivity index (χ1n) is 10.4. The summed E-state index contributed by atoms with van der Waals surface area (Å²) in [4.78, 5) is 24.4. The average molecular weight is 429 g/mol. The molecule has 1 aromatic carbocycles. The van der Waals surface area contributed by atoms with Crippen LogP contribution in [-0.4, -0.2) is 47.8 Å². The Bertz CT molecular complexity index is 1270. The normalized spacial score (nSPS) is 14.5. The molecule has 0 aliphatic carbocycles. The molecule has 1 aliphatic heterocycles. The highest BCUT2D eigenvalue weighted by Gasteiger charge is 2.25.